The molecule has 2 saturated heterocycles. The monoisotopic (exact) mass is 565 g/mol. The van der Waals surface area contributed by atoms with Crippen LogP contribution in [0.15, 0.2) is 29.4 Å². The molecule has 39 heavy (non-hydrogen) atoms. The Balaban J connectivity index is 1.03. The van der Waals surface area contributed by atoms with Crippen molar-refractivity contribution in [3.63, 3.8) is 0 Å². The van der Waals surface area contributed by atoms with E-state index in [-0.39, 0.29) is 11.3 Å². The zero-order valence-electron chi connectivity index (χ0n) is 22.8. The second-order valence-corrected chi connectivity index (χ2v) is 12.3. The van der Waals surface area contributed by atoms with Crippen LogP contribution < -0.4 is 0 Å². The minimum absolute atomic E-state index is 0.158. The molecule has 1 spiro atoms. The number of alkyl halides is 3. The number of benzene rings is 1. The molecule has 2 aromatic rings. The molecule has 7 nitrogen and oxygen atoms in total. The third-order valence-corrected chi connectivity index (χ3v) is 9.85. The summed E-state index contributed by atoms with van der Waals surface area (Å²) in [6.07, 6.45) is 1.21. The lowest BCUT2D eigenvalue weighted by Crippen LogP contribution is -2.38. The minimum atomic E-state index is -4.28. The Kier molecular flexibility index (Phi) is 8.59. The molecule has 2 aliphatic heterocycles. The molecular formula is C28H38F3N5O2S. The fourth-order valence-electron chi connectivity index (χ4n) is 6.34. The van der Waals surface area contributed by atoms with Gasteiger partial charge < -0.3 is 19.1 Å². The van der Waals surface area contributed by atoms with Crippen molar-refractivity contribution in [3.8, 4) is 0 Å². The summed E-state index contributed by atoms with van der Waals surface area (Å²) >= 11 is 1.74. The summed E-state index contributed by atoms with van der Waals surface area (Å²) in [5, 5.41) is 9.88. The molecule has 1 aliphatic carbocycles. The first-order valence-electron chi connectivity index (χ1n) is 13.9. The maximum atomic E-state index is 12.9. The molecule has 0 radical (unpaired) electrons. The van der Waals surface area contributed by atoms with Crippen LogP contribution in [-0.4, -0.2) is 82.7 Å². The highest BCUT2D eigenvalue weighted by Gasteiger charge is 2.57. The Morgan fingerprint density at radius 3 is 2.59 bits per heavy atom. The van der Waals surface area contributed by atoms with Crippen LogP contribution in [0.5, 0.6) is 0 Å². The molecule has 11 heteroatoms. The van der Waals surface area contributed by atoms with Crippen LogP contribution in [0.3, 0.4) is 0 Å². The van der Waals surface area contributed by atoms with Gasteiger partial charge >= 0.3 is 6.18 Å². The van der Waals surface area contributed by atoms with Crippen LogP contribution in [-0.2, 0) is 22.8 Å². The van der Waals surface area contributed by atoms with Crippen molar-refractivity contribution < 1.29 is 22.7 Å². The summed E-state index contributed by atoms with van der Waals surface area (Å²) in [7, 11) is 3.65. The maximum absolute atomic E-state index is 12.9. The van der Waals surface area contributed by atoms with Gasteiger partial charge in [-0.25, -0.2) is 0 Å². The van der Waals surface area contributed by atoms with E-state index < -0.39 is 11.7 Å². The average molecular weight is 566 g/mol. The number of hydrogen-bond acceptors (Lipinski definition) is 6. The van der Waals surface area contributed by atoms with Crippen molar-refractivity contribution in [1.29, 1.82) is 0 Å². The largest absolute Gasteiger partial charge is 0.416 e. The molecule has 1 saturated carbocycles. The van der Waals surface area contributed by atoms with E-state index in [4.69, 9.17) is 4.74 Å². The van der Waals surface area contributed by atoms with Crippen LogP contribution in [0.1, 0.15) is 67.3 Å². The third-order valence-electron chi connectivity index (χ3n) is 8.75. The molecule has 3 aliphatic rings. The normalized spacial score (nSPS) is 24.1. The fraction of sp³-hybridized carbons (Fsp3) is 0.679. The first-order chi connectivity index (χ1) is 18.7. The number of thioether (sulfide) groups is 1. The summed E-state index contributed by atoms with van der Waals surface area (Å²) in [6.45, 7) is 5.07. The second-order valence-electron chi connectivity index (χ2n) is 11.3. The Morgan fingerprint density at radius 1 is 1.15 bits per heavy atom. The van der Waals surface area contributed by atoms with Gasteiger partial charge in [-0.15, -0.1) is 10.2 Å². The van der Waals surface area contributed by atoms with Crippen molar-refractivity contribution in [3.05, 3.63) is 41.2 Å². The van der Waals surface area contributed by atoms with Gasteiger partial charge in [0, 0.05) is 45.5 Å². The lowest BCUT2D eigenvalue weighted by molar-refractivity contribution is -0.137. The number of ether oxygens (including phenoxy) is 1. The van der Waals surface area contributed by atoms with Crippen molar-refractivity contribution in [2.24, 2.45) is 12.5 Å². The third kappa shape index (κ3) is 6.46. The topological polar surface area (TPSA) is 63.5 Å². The van der Waals surface area contributed by atoms with E-state index in [0.717, 1.165) is 87.1 Å². The van der Waals surface area contributed by atoms with E-state index in [1.165, 1.54) is 12.1 Å². The molecular weight excluding hydrogens is 527 g/mol. The van der Waals surface area contributed by atoms with E-state index >= 15 is 0 Å². The molecule has 5 rings (SSSR count). The van der Waals surface area contributed by atoms with E-state index in [1.807, 2.05) is 11.9 Å². The highest BCUT2D eigenvalue weighted by Crippen LogP contribution is 2.64. The number of rotatable bonds is 10. The summed E-state index contributed by atoms with van der Waals surface area (Å²) < 4.78 is 45.8. The van der Waals surface area contributed by atoms with Crippen molar-refractivity contribution in [1.82, 2.24) is 24.6 Å². The number of methoxy groups -OCH3 is 1. The molecule has 0 bridgehead atoms. The Morgan fingerprint density at radius 2 is 1.90 bits per heavy atom. The van der Waals surface area contributed by atoms with Crippen LogP contribution in [0.25, 0.3) is 0 Å². The maximum Gasteiger partial charge on any atom is 0.416 e. The smallest absolute Gasteiger partial charge is 0.384 e. The number of nitrogens with zero attached hydrogens (tertiary/aromatic N) is 5. The van der Waals surface area contributed by atoms with E-state index in [1.54, 1.807) is 31.0 Å². The Labute approximate surface area is 232 Å². The van der Waals surface area contributed by atoms with Gasteiger partial charge in [0.2, 0.25) is 5.91 Å². The molecule has 1 amide bonds. The van der Waals surface area contributed by atoms with Gasteiger partial charge in [0.15, 0.2) is 5.16 Å². The summed E-state index contributed by atoms with van der Waals surface area (Å²) in [5.41, 5.74) is 0.717. The van der Waals surface area contributed by atoms with Crippen LogP contribution >= 0.6 is 11.8 Å². The quantitative estimate of drug-likeness (QED) is 0.301. The highest BCUT2D eigenvalue weighted by atomic mass is 32.2. The van der Waals surface area contributed by atoms with E-state index in [2.05, 4.69) is 19.7 Å². The molecule has 1 aromatic carbocycles. The van der Waals surface area contributed by atoms with Gasteiger partial charge in [-0.05, 0) is 74.2 Å². The Hall–Kier alpha value is -2.11. The zero-order valence-corrected chi connectivity index (χ0v) is 23.6. The predicted octanol–water partition coefficient (Wildman–Crippen LogP) is 4.94. The van der Waals surface area contributed by atoms with Crippen molar-refractivity contribution in [2.75, 3.05) is 52.2 Å². The number of aromatic nitrogens is 3. The van der Waals surface area contributed by atoms with Crippen molar-refractivity contribution in [2.45, 2.75) is 61.7 Å². The van der Waals surface area contributed by atoms with Gasteiger partial charge in [-0.1, -0.05) is 23.9 Å². The summed E-state index contributed by atoms with van der Waals surface area (Å²) in [5.74, 6) is 2.83. The first kappa shape index (κ1) is 28.4. The first-order valence-corrected chi connectivity index (χ1v) is 14.9. The lowest BCUT2D eigenvalue weighted by Gasteiger charge is -2.31. The molecule has 2 atom stereocenters. The van der Waals surface area contributed by atoms with Gasteiger partial charge in [0.25, 0.3) is 0 Å². The van der Waals surface area contributed by atoms with Crippen LogP contribution in [0, 0.1) is 5.41 Å². The highest BCUT2D eigenvalue weighted by molar-refractivity contribution is 7.99. The van der Waals surface area contributed by atoms with Gasteiger partial charge in [-0.3, -0.25) is 4.79 Å². The number of amides is 1. The fourth-order valence-corrected chi connectivity index (χ4v) is 7.18. The average Bonchev–Trinajstić information content (AvgIpc) is 3.27. The molecule has 3 fully saturated rings. The van der Waals surface area contributed by atoms with Crippen molar-refractivity contribution >= 4 is 17.7 Å². The van der Waals surface area contributed by atoms with Gasteiger partial charge in [-0.2, -0.15) is 13.2 Å². The second kappa shape index (κ2) is 11.8. The van der Waals surface area contributed by atoms with E-state index in [0.29, 0.717) is 24.9 Å². The lowest BCUT2D eigenvalue weighted by atomic mass is 9.96. The number of hydrogen-bond donors (Lipinski definition) is 0. The Bertz CT molecular complexity index is 1130. The number of carbonyl (C=O) groups is 1. The molecule has 3 heterocycles. The number of piperidine rings is 1. The van der Waals surface area contributed by atoms with E-state index in [9.17, 15) is 18.0 Å². The standard InChI is InChI=1S/C28H38F3N5O2S/c1-34-25(21-8-13-36(14-9-21)24(37)10-16-38-2)32-33-26(34)39-17-3-12-35-15-11-27(19-35)18-23(27)20-4-6-22(7-5-20)28(29,30)31/h4-7,21,23H,3,8-19H2,1-2H3/t23-,27?/m1/s1. The number of likely N-dealkylation sites (tertiary alicyclic amines) is 2. The molecule has 1 unspecified atom stereocenters. The SMILES string of the molecule is COCCC(=O)N1CCC(c2nnc(SCCCN3CCC4(C[C@@H]4c4ccc(C(F)(F)F)cc4)C3)n2C)CC1. The number of halogens is 3. The minimum Gasteiger partial charge on any atom is -0.384 e. The molecule has 1 aromatic heterocycles. The summed E-state index contributed by atoms with van der Waals surface area (Å²) in [4.78, 5) is 16.7. The molecule has 214 valence electrons. The van der Waals surface area contributed by atoms with Gasteiger partial charge in [0.1, 0.15) is 5.82 Å². The molecule has 0 N–H and O–H groups in total. The van der Waals surface area contributed by atoms with Crippen LogP contribution in [0.4, 0.5) is 13.2 Å². The number of carbonyl (C=O) groups excluding carboxylic acids is 1. The zero-order chi connectivity index (χ0) is 27.6. The summed E-state index contributed by atoms with van der Waals surface area (Å²) in [6, 6.07) is 5.78. The van der Waals surface area contributed by atoms with Gasteiger partial charge in [0.05, 0.1) is 18.6 Å². The van der Waals surface area contributed by atoms with Crippen LogP contribution in [0.2, 0.25) is 0 Å². The predicted molar refractivity (Wildman–Crippen MR) is 144 cm³/mol.